The average Bonchev–Trinajstić information content (AvgIpc) is 2.72. The number of carboxylic acid groups (broad SMARTS) is 1. The minimum Gasteiger partial charge on any atom is -0.481 e. The summed E-state index contributed by atoms with van der Waals surface area (Å²) in [7, 11) is 0. The van der Waals surface area contributed by atoms with Crippen molar-refractivity contribution in [3.63, 3.8) is 0 Å². The molecule has 1 aromatic carbocycles. The Balaban J connectivity index is 2.47. The minimum atomic E-state index is -0.986. The third-order valence-electron chi connectivity index (χ3n) is 2.93. The quantitative estimate of drug-likeness (QED) is 0.896. The molecule has 0 spiro atoms. The van der Waals surface area contributed by atoms with Crippen LogP contribution in [0.3, 0.4) is 0 Å². The molecule has 1 N–H and O–H groups in total. The Kier molecular flexibility index (Phi) is 3.94. The van der Waals surface area contributed by atoms with E-state index in [0.717, 1.165) is 12.8 Å². The van der Waals surface area contributed by atoms with Crippen LogP contribution in [0.5, 0.6) is 0 Å². The first-order valence-electron chi connectivity index (χ1n) is 6.35. The first kappa shape index (κ1) is 13.3. The van der Waals surface area contributed by atoms with Gasteiger partial charge in [0.25, 0.3) is 0 Å². The molecule has 0 saturated heterocycles. The number of rotatable bonds is 5. The molecular weight excluding hydrogens is 244 g/mol. The highest BCUT2D eigenvalue weighted by Crippen LogP contribution is 2.17. The molecule has 2 aromatic rings. The van der Waals surface area contributed by atoms with E-state index in [0.29, 0.717) is 23.3 Å². The molecule has 0 aliphatic carbocycles. The van der Waals surface area contributed by atoms with Crippen LogP contribution in [0.1, 0.15) is 36.8 Å². The summed E-state index contributed by atoms with van der Waals surface area (Å²) in [5.41, 5.74) is 1.34. The first-order valence-corrected chi connectivity index (χ1v) is 6.35. The van der Waals surface area contributed by atoms with Crippen molar-refractivity contribution in [3.05, 3.63) is 30.1 Å². The monoisotopic (exact) mass is 260 g/mol. The van der Waals surface area contributed by atoms with Crippen molar-refractivity contribution in [2.45, 2.75) is 32.6 Å². The lowest BCUT2D eigenvalue weighted by molar-refractivity contribution is -0.136. The van der Waals surface area contributed by atoms with Crippen molar-refractivity contribution in [2.75, 3.05) is 0 Å². The van der Waals surface area contributed by atoms with Gasteiger partial charge in [0.15, 0.2) is 0 Å². The number of carboxylic acids is 1. The second-order valence-electron chi connectivity index (χ2n) is 4.42. The van der Waals surface area contributed by atoms with Crippen LogP contribution in [0, 0.1) is 0 Å². The first-order chi connectivity index (χ1) is 9.13. The molecule has 2 rings (SSSR count). The van der Waals surface area contributed by atoms with Gasteiger partial charge in [-0.15, -0.1) is 0 Å². The number of nitrogens with zero attached hydrogens (tertiary/aromatic N) is 2. The minimum absolute atomic E-state index is 0.0909. The summed E-state index contributed by atoms with van der Waals surface area (Å²) in [4.78, 5) is 27.3. The summed E-state index contributed by atoms with van der Waals surface area (Å²) in [6.45, 7) is 2.01. The van der Waals surface area contributed by atoms with E-state index in [1.807, 2.05) is 19.1 Å². The van der Waals surface area contributed by atoms with Crippen LogP contribution in [0.4, 0.5) is 0 Å². The molecule has 0 amide bonds. The van der Waals surface area contributed by atoms with Crippen LogP contribution >= 0.6 is 0 Å². The number of para-hydroxylation sites is 2. The molecule has 0 aliphatic rings. The van der Waals surface area contributed by atoms with Crippen molar-refractivity contribution in [1.29, 1.82) is 0 Å². The lowest BCUT2D eigenvalue weighted by atomic mass is 10.2. The topological polar surface area (TPSA) is 72.2 Å². The molecule has 1 heterocycles. The smallest absolute Gasteiger partial charge is 0.311 e. The van der Waals surface area contributed by atoms with E-state index >= 15 is 0 Å². The Morgan fingerprint density at radius 3 is 2.74 bits per heavy atom. The third kappa shape index (κ3) is 2.81. The number of aromatic nitrogens is 2. The Bertz CT molecular complexity index is 616. The highest BCUT2D eigenvalue weighted by molar-refractivity contribution is 5.92. The molecule has 0 unspecified atom stereocenters. The zero-order chi connectivity index (χ0) is 13.8. The Hall–Kier alpha value is -2.17. The van der Waals surface area contributed by atoms with Crippen molar-refractivity contribution in [1.82, 2.24) is 9.55 Å². The van der Waals surface area contributed by atoms with Crippen LogP contribution in [0.15, 0.2) is 24.3 Å². The summed E-state index contributed by atoms with van der Waals surface area (Å²) in [5, 5.41) is 8.91. The normalized spacial score (nSPS) is 10.8. The number of hydrogen-bond acceptors (Lipinski definition) is 3. The van der Waals surface area contributed by atoms with Crippen molar-refractivity contribution >= 4 is 22.9 Å². The van der Waals surface area contributed by atoms with E-state index in [-0.39, 0.29) is 12.3 Å². The molecule has 5 heteroatoms. The molecular formula is C14H16N2O3. The molecule has 0 aliphatic heterocycles. The van der Waals surface area contributed by atoms with Gasteiger partial charge >= 0.3 is 5.97 Å². The van der Waals surface area contributed by atoms with Gasteiger partial charge in [-0.05, 0) is 18.6 Å². The summed E-state index contributed by atoms with van der Waals surface area (Å²) in [6.07, 6.45) is 1.88. The SMILES string of the molecule is CCCCC(=O)n1c(CC(=O)O)nc2ccccc21. The zero-order valence-electron chi connectivity index (χ0n) is 10.8. The molecule has 0 bridgehead atoms. The molecule has 5 nitrogen and oxygen atoms in total. The Morgan fingerprint density at radius 2 is 2.05 bits per heavy atom. The van der Waals surface area contributed by atoms with Crippen LogP contribution in [-0.4, -0.2) is 26.5 Å². The van der Waals surface area contributed by atoms with E-state index in [1.165, 1.54) is 4.57 Å². The number of benzene rings is 1. The highest BCUT2D eigenvalue weighted by Gasteiger charge is 2.17. The van der Waals surface area contributed by atoms with Gasteiger partial charge in [-0.25, -0.2) is 4.98 Å². The van der Waals surface area contributed by atoms with E-state index in [1.54, 1.807) is 12.1 Å². The van der Waals surface area contributed by atoms with Gasteiger partial charge in [0.1, 0.15) is 12.2 Å². The van der Waals surface area contributed by atoms with E-state index in [9.17, 15) is 9.59 Å². The van der Waals surface area contributed by atoms with Gasteiger partial charge in [-0.1, -0.05) is 25.5 Å². The standard InChI is InChI=1S/C14H16N2O3/c1-2-3-8-13(17)16-11-7-5-4-6-10(11)15-12(16)9-14(18)19/h4-7H,2-3,8-9H2,1H3,(H,18,19). The van der Waals surface area contributed by atoms with Crippen LogP contribution in [0.25, 0.3) is 11.0 Å². The molecule has 1 aromatic heterocycles. The van der Waals surface area contributed by atoms with E-state index in [2.05, 4.69) is 4.98 Å². The maximum atomic E-state index is 12.2. The van der Waals surface area contributed by atoms with Crippen LogP contribution in [-0.2, 0) is 11.2 Å². The number of hydrogen-bond donors (Lipinski definition) is 1. The van der Waals surface area contributed by atoms with Gasteiger partial charge in [0.05, 0.1) is 11.0 Å². The lowest BCUT2D eigenvalue weighted by Gasteiger charge is -2.06. The maximum absolute atomic E-state index is 12.2. The second-order valence-corrected chi connectivity index (χ2v) is 4.42. The lowest BCUT2D eigenvalue weighted by Crippen LogP contribution is -2.16. The van der Waals surface area contributed by atoms with Gasteiger partial charge < -0.3 is 5.11 Å². The molecule has 100 valence electrons. The number of imidazole rings is 1. The summed E-state index contributed by atoms with van der Waals surface area (Å²) in [6, 6.07) is 7.21. The fourth-order valence-electron chi connectivity index (χ4n) is 2.05. The van der Waals surface area contributed by atoms with Crippen molar-refractivity contribution < 1.29 is 14.7 Å². The third-order valence-corrected chi connectivity index (χ3v) is 2.93. The van der Waals surface area contributed by atoms with Crippen LogP contribution < -0.4 is 0 Å². The van der Waals surface area contributed by atoms with Crippen molar-refractivity contribution in [3.8, 4) is 0 Å². The molecule has 0 fully saturated rings. The molecule has 0 radical (unpaired) electrons. The van der Waals surface area contributed by atoms with E-state index < -0.39 is 5.97 Å². The second kappa shape index (κ2) is 5.65. The molecule has 19 heavy (non-hydrogen) atoms. The summed E-state index contributed by atoms with van der Waals surface area (Å²) in [5.74, 6) is -0.776. The average molecular weight is 260 g/mol. The fraction of sp³-hybridized carbons (Fsp3) is 0.357. The fourth-order valence-corrected chi connectivity index (χ4v) is 2.05. The van der Waals surface area contributed by atoms with Crippen LogP contribution in [0.2, 0.25) is 0 Å². The number of carbonyl (C=O) groups excluding carboxylic acids is 1. The predicted octanol–water partition coefficient (Wildman–Crippen LogP) is 2.49. The Morgan fingerprint density at radius 1 is 1.32 bits per heavy atom. The van der Waals surface area contributed by atoms with Gasteiger partial charge in [-0.3, -0.25) is 14.2 Å². The largest absolute Gasteiger partial charge is 0.481 e. The van der Waals surface area contributed by atoms with E-state index in [4.69, 9.17) is 5.11 Å². The summed E-state index contributed by atoms with van der Waals surface area (Å²) < 4.78 is 1.44. The van der Waals surface area contributed by atoms with Gasteiger partial charge in [0, 0.05) is 6.42 Å². The van der Waals surface area contributed by atoms with Gasteiger partial charge in [-0.2, -0.15) is 0 Å². The molecule has 0 atom stereocenters. The van der Waals surface area contributed by atoms with Crippen molar-refractivity contribution in [2.24, 2.45) is 0 Å². The number of aliphatic carboxylic acids is 1. The summed E-state index contributed by atoms with van der Waals surface area (Å²) >= 11 is 0. The number of fused-ring (bicyclic) bond motifs is 1. The predicted molar refractivity (Wildman–Crippen MR) is 71.2 cm³/mol. The highest BCUT2D eigenvalue weighted by atomic mass is 16.4. The Labute approximate surface area is 110 Å². The zero-order valence-corrected chi connectivity index (χ0v) is 10.8. The van der Waals surface area contributed by atoms with Gasteiger partial charge in [0.2, 0.25) is 5.91 Å². The maximum Gasteiger partial charge on any atom is 0.311 e. The number of carbonyl (C=O) groups is 2. The number of unbranched alkanes of at least 4 members (excludes halogenated alkanes) is 1. The molecule has 0 saturated carbocycles.